The molecule has 0 saturated heterocycles. The number of nitrogens with zero attached hydrogens (tertiary/aromatic N) is 4. The number of rotatable bonds is 7. The fourth-order valence-electron chi connectivity index (χ4n) is 2.52. The van der Waals surface area contributed by atoms with Crippen LogP contribution in [0.25, 0.3) is 0 Å². The van der Waals surface area contributed by atoms with Crippen molar-refractivity contribution in [3.05, 3.63) is 65.6 Å². The maximum Gasteiger partial charge on any atom is 0.240 e. The van der Waals surface area contributed by atoms with Crippen LogP contribution < -0.4 is 5.32 Å². The molecule has 0 radical (unpaired) electrons. The molecule has 0 bridgehead atoms. The van der Waals surface area contributed by atoms with Gasteiger partial charge in [-0.15, -0.1) is 0 Å². The molecule has 3 aromatic rings. The van der Waals surface area contributed by atoms with Gasteiger partial charge in [0, 0.05) is 18.7 Å². The first-order chi connectivity index (χ1) is 11.6. The van der Waals surface area contributed by atoms with Gasteiger partial charge in [0.2, 0.25) is 5.89 Å². The summed E-state index contributed by atoms with van der Waals surface area (Å²) in [6.45, 7) is 6.86. The summed E-state index contributed by atoms with van der Waals surface area (Å²) >= 11 is 0. The Hall–Kier alpha value is -2.47. The lowest BCUT2D eigenvalue weighted by Gasteiger charge is -2.20. The van der Waals surface area contributed by atoms with Gasteiger partial charge in [-0.3, -0.25) is 4.68 Å². The van der Waals surface area contributed by atoms with Crippen molar-refractivity contribution in [1.82, 2.24) is 25.2 Å². The predicted molar refractivity (Wildman–Crippen MR) is 91.5 cm³/mol. The van der Waals surface area contributed by atoms with Crippen molar-refractivity contribution in [2.75, 3.05) is 0 Å². The summed E-state index contributed by atoms with van der Waals surface area (Å²) in [4.78, 5) is 4.45. The van der Waals surface area contributed by atoms with Crippen molar-refractivity contribution >= 4 is 0 Å². The van der Waals surface area contributed by atoms with Gasteiger partial charge in [0.25, 0.3) is 0 Å². The van der Waals surface area contributed by atoms with E-state index in [-0.39, 0.29) is 12.1 Å². The van der Waals surface area contributed by atoms with Gasteiger partial charge in [-0.1, -0.05) is 35.5 Å². The van der Waals surface area contributed by atoms with Crippen LogP contribution in [0.2, 0.25) is 0 Å². The summed E-state index contributed by atoms with van der Waals surface area (Å²) < 4.78 is 7.30. The maximum atomic E-state index is 5.33. The molecular weight excluding hydrogens is 302 g/mol. The molecule has 6 heteroatoms. The van der Waals surface area contributed by atoms with Gasteiger partial charge in [-0.05, 0) is 31.9 Å². The number of benzene rings is 1. The van der Waals surface area contributed by atoms with Crippen molar-refractivity contribution in [1.29, 1.82) is 0 Å². The van der Waals surface area contributed by atoms with E-state index in [9.17, 15) is 0 Å². The summed E-state index contributed by atoms with van der Waals surface area (Å²) in [7, 11) is 0. The molecule has 0 unspecified atom stereocenters. The van der Waals surface area contributed by atoms with E-state index >= 15 is 0 Å². The third-order valence-electron chi connectivity index (χ3n) is 4.16. The smallest absolute Gasteiger partial charge is 0.240 e. The Labute approximate surface area is 141 Å². The normalized spacial score (nSPS) is 13.8. The molecule has 2 atom stereocenters. The average molecular weight is 325 g/mol. The largest absolute Gasteiger partial charge is 0.338 e. The van der Waals surface area contributed by atoms with Gasteiger partial charge in [0.1, 0.15) is 0 Å². The molecule has 0 saturated carbocycles. The molecule has 3 rings (SSSR count). The number of hydrogen-bond donors (Lipinski definition) is 1. The molecule has 6 nitrogen and oxygen atoms in total. The summed E-state index contributed by atoms with van der Waals surface area (Å²) in [5.41, 5.74) is 2.34. The van der Waals surface area contributed by atoms with Crippen LogP contribution >= 0.6 is 0 Å². The van der Waals surface area contributed by atoms with Gasteiger partial charge in [-0.2, -0.15) is 10.1 Å². The molecule has 0 aliphatic carbocycles. The highest BCUT2D eigenvalue weighted by atomic mass is 16.5. The third-order valence-corrected chi connectivity index (χ3v) is 4.16. The minimum Gasteiger partial charge on any atom is -0.338 e. The number of aryl methyl sites for hydroxylation is 1. The lowest BCUT2D eigenvalue weighted by atomic mass is 10.1. The van der Waals surface area contributed by atoms with Crippen LogP contribution in [-0.4, -0.2) is 26.0 Å². The van der Waals surface area contributed by atoms with Crippen molar-refractivity contribution in [3.8, 4) is 0 Å². The van der Waals surface area contributed by atoms with E-state index in [4.69, 9.17) is 4.52 Å². The fraction of sp³-hybridized carbons (Fsp3) is 0.389. The lowest BCUT2D eigenvalue weighted by Crippen LogP contribution is -2.33. The van der Waals surface area contributed by atoms with E-state index in [0.717, 1.165) is 5.56 Å². The first kappa shape index (κ1) is 16.4. The van der Waals surface area contributed by atoms with Crippen molar-refractivity contribution in [3.63, 3.8) is 0 Å². The Morgan fingerprint density at radius 2 is 2.00 bits per heavy atom. The van der Waals surface area contributed by atoms with Crippen molar-refractivity contribution in [2.24, 2.45) is 0 Å². The second kappa shape index (κ2) is 7.40. The molecule has 2 aromatic heterocycles. The quantitative estimate of drug-likeness (QED) is 0.723. The molecule has 1 aromatic carbocycles. The first-order valence-electron chi connectivity index (χ1n) is 8.21. The van der Waals surface area contributed by atoms with E-state index in [1.54, 1.807) is 0 Å². The average Bonchev–Trinajstić information content (AvgIpc) is 3.22. The summed E-state index contributed by atoms with van der Waals surface area (Å²) in [5, 5.41) is 11.8. The van der Waals surface area contributed by atoms with Crippen LogP contribution in [0.1, 0.15) is 42.7 Å². The fourth-order valence-corrected chi connectivity index (χ4v) is 2.52. The molecule has 0 fully saturated rings. The standard InChI is InChI=1S/C18H23N5O/c1-13-10-20-23(12-13)15(3)14(2)19-11-18-21-17(22-24-18)9-16-7-5-4-6-8-16/h4-8,10,12,14-15,19H,9,11H2,1-3H3/t14-,15-/m0/s1. The lowest BCUT2D eigenvalue weighted by molar-refractivity contribution is 0.324. The van der Waals surface area contributed by atoms with E-state index < -0.39 is 0 Å². The monoisotopic (exact) mass is 325 g/mol. The molecule has 1 N–H and O–H groups in total. The summed E-state index contributed by atoms with van der Waals surface area (Å²) in [6.07, 6.45) is 4.60. The molecule has 24 heavy (non-hydrogen) atoms. The highest BCUT2D eigenvalue weighted by Gasteiger charge is 2.16. The Morgan fingerprint density at radius 1 is 1.21 bits per heavy atom. The highest BCUT2D eigenvalue weighted by Crippen LogP contribution is 2.12. The van der Waals surface area contributed by atoms with Crippen LogP contribution in [0, 0.1) is 6.92 Å². The van der Waals surface area contributed by atoms with Crippen LogP contribution in [0.3, 0.4) is 0 Å². The number of hydrogen-bond acceptors (Lipinski definition) is 5. The van der Waals surface area contributed by atoms with Crippen molar-refractivity contribution in [2.45, 2.75) is 45.8 Å². The second-order valence-electron chi connectivity index (χ2n) is 6.17. The first-order valence-corrected chi connectivity index (χ1v) is 8.21. The van der Waals surface area contributed by atoms with Crippen LogP contribution in [0.4, 0.5) is 0 Å². The third kappa shape index (κ3) is 4.08. The Morgan fingerprint density at radius 3 is 2.71 bits per heavy atom. The Kier molecular flexibility index (Phi) is 5.05. The van der Waals surface area contributed by atoms with Gasteiger partial charge in [-0.25, -0.2) is 0 Å². The van der Waals surface area contributed by atoms with E-state index in [1.807, 2.05) is 42.2 Å². The molecule has 126 valence electrons. The van der Waals surface area contributed by atoms with E-state index in [0.29, 0.717) is 24.7 Å². The summed E-state index contributed by atoms with van der Waals surface area (Å²) in [6, 6.07) is 10.6. The number of aromatic nitrogens is 4. The van der Waals surface area contributed by atoms with Crippen LogP contribution in [-0.2, 0) is 13.0 Å². The molecule has 0 aliphatic heterocycles. The maximum absolute atomic E-state index is 5.33. The molecule has 0 spiro atoms. The summed E-state index contributed by atoms with van der Waals surface area (Å²) in [5.74, 6) is 1.32. The minimum absolute atomic E-state index is 0.230. The molecular formula is C18H23N5O. The van der Waals surface area contributed by atoms with Crippen LogP contribution in [0.15, 0.2) is 47.2 Å². The van der Waals surface area contributed by atoms with Crippen LogP contribution in [0.5, 0.6) is 0 Å². The predicted octanol–water partition coefficient (Wildman–Crippen LogP) is 2.90. The topological polar surface area (TPSA) is 68.8 Å². The number of nitrogens with one attached hydrogen (secondary N) is 1. The highest BCUT2D eigenvalue weighted by molar-refractivity contribution is 5.18. The van der Waals surface area contributed by atoms with Gasteiger partial charge in [0.05, 0.1) is 18.8 Å². The zero-order valence-electron chi connectivity index (χ0n) is 14.3. The van der Waals surface area contributed by atoms with Crippen molar-refractivity contribution < 1.29 is 4.52 Å². The van der Waals surface area contributed by atoms with E-state index in [1.165, 1.54) is 5.56 Å². The zero-order valence-corrected chi connectivity index (χ0v) is 14.3. The molecule has 0 amide bonds. The Bertz CT molecular complexity index is 765. The minimum atomic E-state index is 0.230. The molecule has 2 heterocycles. The second-order valence-corrected chi connectivity index (χ2v) is 6.17. The van der Waals surface area contributed by atoms with Gasteiger partial charge >= 0.3 is 0 Å². The van der Waals surface area contributed by atoms with E-state index in [2.05, 4.69) is 46.5 Å². The zero-order chi connectivity index (χ0) is 16.9. The SMILES string of the molecule is Cc1cnn([C@@H](C)[C@H](C)NCc2nc(Cc3ccccc3)no2)c1. The molecule has 0 aliphatic rings. The van der Waals surface area contributed by atoms with Gasteiger partial charge in [0.15, 0.2) is 5.82 Å². The van der Waals surface area contributed by atoms with Gasteiger partial charge < -0.3 is 9.84 Å². The Balaban J connectivity index is 1.53.